The SMILES string of the molecule is CC(Cc1ccc(Br)cc1)N(CC(=O)O)C(C)(C)C. The van der Waals surface area contributed by atoms with Gasteiger partial charge in [0.2, 0.25) is 0 Å². The van der Waals surface area contributed by atoms with Crippen LogP contribution in [0.15, 0.2) is 28.7 Å². The van der Waals surface area contributed by atoms with Crippen LogP contribution in [0.3, 0.4) is 0 Å². The van der Waals surface area contributed by atoms with Crippen molar-refractivity contribution in [2.24, 2.45) is 0 Å². The summed E-state index contributed by atoms with van der Waals surface area (Å²) in [6.45, 7) is 8.30. The highest BCUT2D eigenvalue weighted by atomic mass is 79.9. The predicted molar refractivity (Wildman–Crippen MR) is 81.4 cm³/mol. The normalized spacial score (nSPS) is 13.6. The fraction of sp³-hybridized carbons (Fsp3) is 0.533. The maximum Gasteiger partial charge on any atom is 0.317 e. The van der Waals surface area contributed by atoms with Gasteiger partial charge in [0.05, 0.1) is 6.54 Å². The fourth-order valence-corrected chi connectivity index (χ4v) is 2.54. The Morgan fingerprint density at radius 2 is 1.84 bits per heavy atom. The molecule has 0 saturated heterocycles. The van der Waals surface area contributed by atoms with E-state index in [1.165, 1.54) is 5.56 Å². The van der Waals surface area contributed by atoms with E-state index in [2.05, 4.69) is 35.0 Å². The number of halogens is 1. The molecule has 0 aliphatic carbocycles. The fourth-order valence-electron chi connectivity index (χ4n) is 2.27. The van der Waals surface area contributed by atoms with E-state index in [0.29, 0.717) is 0 Å². The van der Waals surface area contributed by atoms with E-state index in [0.717, 1.165) is 10.9 Å². The minimum absolute atomic E-state index is 0.0706. The Morgan fingerprint density at radius 3 is 2.26 bits per heavy atom. The van der Waals surface area contributed by atoms with Crippen LogP contribution in [0.4, 0.5) is 0 Å². The lowest BCUT2D eigenvalue weighted by Gasteiger charge is -2.39. The maximum absolute atomic E-state index is 11.0. The van der Waals surface area contributed by atoms with E-state index in [9.17, 15) is 4.79 Å². The number of nitrogens with zero attached hydrogens (tertiary/aromatic N) is 1. The Labute approximate surface area is 123 Å². The summed E-state index contributed by atoms with van der Waals surface area (Å²) in [6.07, 6.45) is 0.845. The number of carboxylic acid groups (broad SMARTS) is 1. The molecular weight excluding hydrogens is 306 g/mol. The summed E-state index contributed by atoms with van der Waals surface area (Å²) in [5.74, 6) is -0.780. The van der Waals surface area contributed by atoms with Gasteiger partial charge in [0, 0.05) is 16.1 Å². The van der Waals surface area contributed by atoms with Crippen molar-refractivity contribution in [1.29, 1.82) is 0 Å². The van der Waals surface area contributed by atoms with Gasteiger partial charge in [0.1, 0.15) is 0 Å². The van der Waals surface area contributed by atoms with Crippen molar-refractivity contribution in [3.05, 3.63) is 34.3 Å². The molecule has 0 radical (unpaired) electrons. The van der Waals surface area contributed by atoms with Crippen molar-refractivity contribution < 1.29 is 9.90 Å². The molecule has 0 fully saturated rings. The Balaban J connectivity index is 2.79. The van der Waals surface area contributed by atoms with Crippen molar-refractivity contribution in [3.63, 3.8) is 0 Å². The third-order valence-corrected chi connectivity index (χ3v) is 3.67. The van der Waals surface area contributed by atoms with Gasteiger partial charge in [-0.3, -0.25) is 9.69 Å². The monoisotopic (exact) mass is 327 g/mol. The number of aliphatic carboxylic acids is 1. The number of carbonyl (C=O) groups is 1. The van der Waals surface area contributed by atoms with Gasteiger partial charge >= 0.3 is 5.97 Å². The highest BCUT2D eigenvalue weighted by molar-refractivity contribution is 9.10. The Hall–Kier alpha value is -0.870. The van der Waals surface area contributed by atoms with Crippen molar-refractivity contribution >= 4 is 21.9 Å². The topological polar surface area (TPSA) is 40.5 Å². The summed E-state index contributed by atoms with van der Waals surface area (Å²) >= 11 is 3.42. The van der Waals surface area contributed by atoms with Crippen LogP contribution in [0.5, 0.6) is 0 Å². The predicted octanol–water partition coefficient (Wildman–Crippen LogP) is 3.57. The van der Waals surface area contributed by atoms with Crippen molar-refractivity contribution in [2.45, 2.75) is 45.7 Å². The molecular formula is C15H22BrNO2. The quantitative estimate of drug-likeness (QED) is 0.898. The molecule has 3 nitrogen and oxygen atoms in total. The highest BCUT2D eigenvalue weighted by Gasteiger charge is 2.28. The Morgan fingerprint density at radius 1 is 1.32 bits per heavy atom. The molecule has 0 heterocycles. The molecule has 0 saturated carbocycles. The van der Waals surface area contributed by atoms with Gasteiger partial charge in [-0.15, -0.1) is 0 Å². The molecule has 1 aromatic carbocycles. The van der Waals surface area contributed by atoms with Gasteiger partial charge in [-0.05, 0) is 51.8 Å². The van der Waals surface area contributed by atoms with E-state index in [1.54, 1.807) is 0 Å². The first-order chi connectivity index (χ1) is 8.70. The number of benzene rings is 1. The van der Waals surface area contributed by atoms with Crippen LogP contribution in [0, 0.1) is 0 Å². The number of carboxylic acids is 1. The summed E-state index contributed by atoms with van der Waals surface area (Å²) in [5, 5.41) is 9.05. The molecule has 0 amide bonds. The third-order valence-electron chi connectivity index (χ3n) is 3.14. The first-order valence-electron chi connectivity index (χ1n) is 6.43. The van der Waals surface area contributed by atoms with Crippen LogP contribution >= 0.6 is 15.9 Å². The van der Waals surface area contributed by atoms with Gasteiger partial charge in [-0.1, -0.05) is 28.1 Å². The maximum atomic E-state index is 11.0. The second kappa shape index (κ2) is 6.53. The van der Waals surface area contributed by atoms with Gasteiger partial charge < -0.3 is 5.11 Å². The first-order valence-corrected chi connectivity index (χ1v) is 7.22. The smallest absolute Gasteiger partial charge is 0.317 e. The van der Waals surface area contributed by atoms with Crippen LogP contribution in [0.1, 0.15) is 33.3 Å². The molecule has 19 heavy (non-hydrogen) atoms. The van der Waals surface area contributed by atoms with Crippen LogP contribution in [0.2, 0.25) is 0 Å². The third kappa shape index (κ3) is 5.33. The molecule has 1 rings (SSSR count). The lowest BCUT2D eigenvalue weighted by Crippen LogP contribution is -2.50. The highest BCUT2D eigenvalue weighted by Crippen LogP contribution is 2.20. The minimum atomic E-state index is -0.780. The largest absolute Gasteiger partial charge is 0.480 e. The molecule has 1 atom stereocenters. The molecule has 106 valence electrons. The van der Waals surface area contributed by atoms with E-state index in [1.807, 2.05) is 37.8 Å². The van der Waals surface area contributed by atoms with Gasteiger partial charge in [0.15, 0.2) is 0 Å². The molecule has 4 heteroatoms. The molecule has 0 aliphatic heterocycles. The lowest BCUT2D eigenvalue weighted by molar-refractivity contribution is -0.140. The summed E-state index contributed by atoms with van der Waals surface area (Å²) in [4.78, 5) is 13.0. The van der Waals surface area contributed by atoms with E-state index in [4.69, 9.17) is 5.11 Å². The first kappa shape index (κ1) is 16.2. The summed E-state index contributed by atoms with van der Waals surface area (Å²) in [5.41, 5.74) is 1.06. The molecule has 0 aliphatic rings. The van der Waals surface area contributed by atoms with Gasteiger partial charge in [-0.25, -0.2) is 0 Å². The van der Waals surface area contributed by atoms with E-state index in [-0.39, 0.29) is 18.1 Å². The number of hydrogen-bond donors (Lipinski definition) is 1. The number of rotatable bonds is 5. The molecule has 1 N–H and O–H groups in total. The summed E-state index contributed by atoms with van der Waals surface area (Å²) < 4.78 is 1.06. The van der Waals surface area contributed by atoms with E-state index < -0.39 is 5.97 Å². The molecule has 0 aromatic heterocycles. The summed E-state index contributed by atoms with van der Waals surface area (Å²) in [7, 11) is 0. The van der Waals surface area contributed by atoms with Gasteiger partial charge in [0.25, 0.3) is 0 Å². The average molecular weight is 328 g/mol. The van der Waals surface area contributed by atoms with Crippen molar-refractivity contribution in [1.82, 2.24) is 4.90 Å². The van der Waals surface area contributed by atoms with Crippen molar-refractivity contribution in [2.75, 3.05) is 6.54 Å². The van der Waals surface area contributed by atoms with Crippen LogP contribution in [0.25, 0.3) is 0 Å². The molecule has 1 unspecified atom stereocenters. The van der Waals surface area contributed by atoms with Gasteiger partial charge in [-0.2, -0.15) is 0 Å². The van der Waals surface area contributed by atoms with Crippen LogP contribution in [-0.4, -0.2) is 34.1 Å². The second-order valence-electron chi connectivity index (χ2n) is 5.87. The lowest BCUT2D eigenvalue weighted by atomic mass is 9.99. The van der Waals surface area contributed by atoms with E-state index >= 15 is 0 Å². The average Bonchev–Trinajstić information content (AvgIpc) is 2.27. The molecule has 0 spiro atoms. The zero-order chi connectivity index (χ0) is 14.6. The second-order valence-corrected chi connectivity index (χ2v) is 6.79. The zero-order valence-electron chi connectivity index (χ0n) is 12.0. The Kier molecular flexibility index (Phi) is 5.56. The zero-order valence-corrected chi connectivity index (χ0v) is 13.6. The molecule has 1 aromatic rings. The van der Waals surface area contributed by atoms with Crippen molar-refractivity contribution in [3.8, 4) is 0 Å². The molecule has 0 bridgehead atoms. The summed E-state index contributed by atoms with van der Waals surface area (Å²) in [6, 6.07) is 8.35. The Bertz CT molecular complexity index is 423. The number of hydrogen-bond acceptors (Lipinski definition) is 2. The van der Waals surface area contributed by atoms with Crippen LogP contribution < -0.4 is 0 Å². The standard InChI is InChI=1S/C15H22BrNO2/c1-11(9-12-5-7-13(16)8-6-12)17(10-14(18)19)15(2,3)4/h5-8,11H,9-10H2,1-4H3,(H,18,19). The van der Waals surface area contributed by atoms with Crippen LogP contribution in [-0.2, 0) is 11.2 Å². The minimum Gasteiger partial charge on any atom is -0.480 e.